The second-order valence-electron chi connectivity index (χ2n) is 11.2. The summed E-state index contributed by atoms with van der Waals surface area (Å²) >= 11 is 0. The minimum absolute atomic E-state index is 0.0819. The maximum Gasteiger partial charge on any atom is 0.324 e. The van der Waals surface area contributed by atoms with Gasteiger partial charge in [0.25, 0.3) is 0 Å². The fourth-order valence-electron chi connectivity index (χ4n) is 4.79. The maximum atomic E-state index is 12.8. The smallest absolute Gasteiger partial charge is 0.324 e. The van der Waals surface area contributed by atoms with Crippen molar-refractivity contribution in [3.63, 3.8) is 0 Å². The fraction of sp³-hybridized carbons (Fsp3) is 0.448. The molecule has 1 aliphatic carbocycles. The summed E-state index contributed by atoms with van der Waals surface area (Å²) < 4.78 is 16.7. The van der Waals surface area contributed by atoms with Crippen LogP contribution in [0.3, 0.4) is 0 Å². The number of rotatable bonds is 8. The first-order valence-electron chi connectivity index (χ1n) is 13.1. The van der Waals surface area contributed by atoms with Crippen molar-refractivity contribution < 1.29 is 23.6 Å². The second kappa shape index (κ2) is 10.9. The van der Waals surface area contributed by atoms with Crippen molar-refractivity contribution in [3.8, 4) is 5.75 Å². The molecule has 2 fully saturated rings. The maximum absolute atomic E-state index is 12.8. The fourth-order valence-corrected chi connectivity index (χ4v) is 4.79. The summed E-state index contributed by atoms with van der Waals surface area (Å²) in [5, 5.41) is 9.29. The molecule has 38 heavy (non-hydrogen) atoms. The van der Waals surface area contributed by atoms with Crippen molar-refractivity contribution in [1.29, 1.82) is 0 Å². The quantitative estimate of drug-likeness (QED) is 0.371. The molecule has 3 heterocycles. The molecule has 200 valence electrons. The number of carbonyl (C=O) groups excluding carboxylic acids is 2. The van der Waals surface area contributed by atoms with E-state index in [4.69, 9.17) is 14.0 Å². The first-order valence-corrected chi connectivity index (χ1v) is 13.1. The zero-order valence-corrected chi connectivity index (χ0v) is 22.0. The van der Waals surface area contributed by atoms with Gasteiger partial charge < -0.3 is 19.3 Å². The zero-order chi connectivity index (χ0) is 26.7. The number of carbonyl (C=O) groups is 2. The topological polar surface area (TPSA) is 116 Å². The molecule has 2 unspecified atom stereocenters. The van der Waals surface area contributed by atoms with Crippen LogP contribution in [0.2, 0.25) is 0 Å². The van der Waals surface area contributed by atoms with Crippen LogP contribution in [-0.2, 0) is 16.6 Å². The van der Waals surface area contributed by atoms with Crippen molar-refractivity contribution in [2.45, 2.75) is 58.0 Å². The number of nitrogens with one attached hydrogen (secondary N) is 2. The van der Waals surface area contributed by atoms with Gasteiger partial charge in [0.1, 0.15) is 17.2 Å². The third-order valence-corrected chi connectivity index (χ3v) is 7.15. The summed E-state index contributed by atoms with van der Waals surface area (Å²) in [4.78, 5) is 29.4. The summed E-state index contributed by atoms with van der Waals surface area (Å²) in [6.45, 7) is 7.77. The second-order valence-corrected chi connectivity index (χ2v) is 11.2. The summed E-state index contributed by atoms with van der Waals surface area (Å²) in [5.74, 6) is 3.02. The van der Waals surface area contributed by atoms with Gasteiger partial charge in [-0.3, -0.25) is 10.1 Å². The largest absolute Gasteiger partial charge is 0.489 e. The highest BCUT2D eigenvalue weighted by molar-refractivity contribution is 5.99. The number of amides is 2. The molecule has 5 rings (SSSR count). The molecule has 2 atom stereocenters. The third kappa shape index (κ3) is 6.39. The average molecular weight is 519 g/mol. The van der Waals surface area contributed by atoms with Gasteiger partial charge in [0, 0.05) is 29.5 Å². The lowest BCUT2D eigenvalue weighted by atomic mass is 9.89. The monoisotopic (exact) mass is 518 g/mol. The van der Waals surface area contributed by atoms with Gasteiger partial charge in [-0.1, -0.05) is 38.1 Å². The van der Waals surface area contributed by atoms with Crippen LogP contribution in [0, 0.1) is 11.8 Å². The standard InChI is InChI=1S/C29H34N4O5/c1-29(2,3)26-14-27(33-38-26)32-28(35)31-21-7-4-18(5-8-21)12-25(34)24-11-10-23(15-30-24)37-22-9-6-19(13-22)20-16-36-17-20/h4-5,7-8,10-11,14-15,19-20,22H,6,9,12-13,16-17H2,1-3H3,(H2,31,32,33,35). The number of nitrogens with zero attached hydrogens (tertiary/aromatic N) is 2. The van der Waals surface area contributed by atoms with Crippen LogP contribution >= 0.6 is 0 Å². The Bertz CT molecular complexity index is 1260. The van der Waals surface area contributed by atoms with Crippen LogP contribution in [0.25, 0.3) is 0 Å². The van der Waals surface area contributed by atoms with E-state index >= 15 is 0 Å². The predicted molar refractivity (Wildman–Crippen MR) is 143 cm³/mol. The van der Waals surface area contributed by atoms with E-state index in [1.807, 2.05) is 39.0 Å². The zero-order valence-electron chi connectivity index (χ0n) is 22.0. The Morgan fingerprint density at radius 1 is 1.03 bits per heavy atom. The Labute approximate surface area is 222 Å². The van der Waals surface area contributed by atoms with Gasteiger partial charge in [-0.15, -0.1) is 0 Å². The van der Waals surface area contributed by atoms with Crippen LogP contribution in [0.15, 0.2) is 53.2 Å². The van der Waals surface area contributed by atoms with E-state index in [0.29, 0.717) is 40.5 Å². The number of ketones is 1. The highest BCUT2D eigenvalue weighted by Gasteiger charge is 2.35. The number of hydrogen-bond acceptors (Lipinski definition) is 7. The lowest BCUT2D eigenvalue weighted by molar-refractivity contribution is -0.0607. The highest BCUT2D eigenvalue weighted by atomic mass is 16.5. The predicted octanol–water partition coefficient (Wildman–Crippen LogP) is 5.63. The molecular weight excluding hydrogens is 484 g/mol. The van der Waals surface area contributed by atoms with E-state index < -0.39 is 6.03 Å². The van der Waals surface area contributed by atoms with E-state index in [0.717, 1.165) is 31.6 Å². The number of aromatic nitrogens is 2. The summed E-state index contributed by atoms with van der Waals surface area (Å²) in [6, 6.07) is 11.9. The molecule has 1 saturated heterocycles. The van der Waals surface area contributed by atoms with E-state index in [1.54, 1.807) is 30.5 Å². The Balaban J connectivity index is 1.08. The van der Waals surface area contributed by atoms with Crippen molar-refractivity contribution in [2.75, 3.05) is 23.8 Å². The number of anilines is 2. The molecule has 0 radical (unpaired) electrons. The Morgan fingerprint density at radius 2 is 1.82 bits per heavy atom. The first-order chi connectivity index (χ1) is 18.2. The van der Waals surface area contributed by atoms with E-state index in [2.05, 4.69) is 20.8 Å². The molecule has 3 aromatic rings. The molecule has 1 saturated carbocycles. The van der Waals surface area contributed by atoms with Gasteiger partial charge in [-0.2, -0.15) is 0 Å². The molecule has 2 aromatic heterocycles. The lowest BCUT2D eigenvalue weighted by Gasteiger charge is -2.31. The van der Waals surface area contributed by atoms with E-state index in [1.165, 1.54) is 6.42 Å². The molecule has 1 aromatic carbocycles. The molecule has 2 aliphatic rings. The lowest BCUT2D eigenvalue weighted by Crippen LogP contribution is -2.33. The first kappa shape index (κ1) is 25.9. The van der Waals surface area contributed by atoms with Crippen molar-refractivity contribution in [3.05, 3.63) is 65.7 Å². The summed E-state index contributed by atoms with van der Waals surface area (Å²) in [5.41, 5.74) is 1.62. The Morgan fingerprint density at radius 3 is 2.45 bits per heavy atom. The van der Waals surface area contributed by atoms with Gasteiger partial charge in [-0.25, -0.2) is 9.78 Å². The van der Waals surface area contributed by atoms with Crippen LogP contribution in [-0.4, -0.2) is 41.3 Å². The number of Topliss-reactive ketones (excluding diaryl/α,β-unsaturated/α-hetero) is 1. The summed E-state index contributed by atoms with van der Waals surface area (Å²) in [7, 11) is 0. The SMILES string of the molecule is CC(C)(C)c1cc(NC(=O)Nc2ccc(CC(=O)c3ccc(OC4CCC(C5COC5)C4)cn3)cc2)no1. The molecular formula is C29H34N4O5. The Kier molecular flexibility index (Phi) is 7.46. The number of urea groups is 1. The molecule has 9 nitrogen and oxygen atoms in total. The van der Waals surface area contributed by atoms with Gasteiger partial charge in [-0.05, 0) is 55.0 Å². The molecule has 2 N–H and O–H groups in total. The van der Waals surface area contributed by atoms with Crippen molar-refractivity contribution >= 4 is 23.3 Å². The normalized spacial score (nSPS) is 19.6. The molecule has 2 amide bonds. The van der Waals surface area contributed by atoms with E-state index in [-0.39, 0.29) is 23.7 Å². The molecule has 0 bridgehead atoms. The minimum atomic E-state index is -0.431. The number of hydrogen-bond donors (Lipinski definition) is 2. The number of pyridine rings is 1. The van der Waals surface area contributed by atoms with Gasteiger partial charge in [0.15, 0.2) is 11.6 Å². The van der Waals surface area contributed by atoms with Gasteiger partial charge >= 0.3 is 6.03 Å². The number of ether oxygens (including phenoxy) is 2. The number of benzene rings is 1. The highest BCUT2D eigenvalue weighted by Crippen LogP contribution is 2.37. The molecule has 1 aliphatic heterocycles. The van der Waals surface area contributed by atoms with Gasteiger partial charge in [0.05, 0.1) is 25.5 Å². The van der Waals surface area contributed by atoms with Crippen LogP contribution in [0.4, 0.5) is 16.3 Å². The average Bonchev–Trinajstić information content (AvgIpc) is 3.49. The van der Waals surface area contributed by atoms with Gasteiger partial charge in [0.2, 0.25) is 0 Å². The van der Waals surface area contributed by atoms with Crippen molar-refractivity contribution in [2.24, 2.45) is 11.8 Å². The van der Waals surface area contributed by atoms with E-state index in [9.17, 15) is 9.59 Å². The minimum Gasteiger partial charge on any atom is -0.489 e. The van der Waals surface area contributed by atoms with Crippen LogP contribution in [0.1, 0.15) is 61.8 Å². The third-order valence-electron chi connectivity index (χ3n) is 7.15. The molecule has 9 heteroatoms. The van der Waals surface area contributed by atoms with Crippen LogP contribution in [0.5, 0.6) is 5.75 Å². The van der Waals surface area contributed by atoms with Crippen LogP contribution < -0.4 is 15.4 Å². The summed E-state index contributed by atoms with van der Waals surface area (Å²) in [6.07, 6.45) is 5.34. The Hall–Kier alpha value is -3.72. The molecule has 0 spiro atoms. The van der Waals surface area contributed by atoms with Crippen molar-refractivity contribution in [1.82, 2.24) is 10.1 Å².